The second-order valence-corrected chi connectivity index (χ2v) is 6.73. The topological polar surface area (TPSA) is 84.2 Å². The number of anilines is 2. The molecular weight excluding hydrogens is 330 g/mol. The summed E-state index contributed by atoms with van der Waals surface area (Å²) >= 11 is 0. The molecule has 1 N–H and O–H groups in total. The first-order valence-electron chi connectivity index (χ1n) is 8.82. The van der Waals surface area contributed by atoms with Crippen molar-refractivity contribution in [3.8, 4) is 0 Å². The zero-order valence-electron chi connectivity index (χ0n) is 14.9. The Bertz CT molecular complexity index is 952. The molecular formula is C19H21N5O2. The highest BCUT2D eigenvalue weighted by Crippen LogP contribution is 2.30. The van der Waals surface area contributed by atoms with E-state index in [9.17, 15) is 4.79 Å². The molecule has 134 valence electrons. The Balaban J connectivity index is 1.55. The summed E-state index contributed by atoms with van der Waals surface area (Å²) in [5.41, 5.74) is 3.18. The summed E-state index contributed by atoms with van der Waals surface area (Å²) in [6.07, 6.45) is 3.28. The molecule has 0 aliphatic carbocycles. The molecule has 26 heavy (non-hydrogen) atoms. The number of rotatable bonds is 3. The predicted octanol–water partition coefficient (Wildman–Crippen LogP) is 3.09. The number of carbonyl (C=O) groups is 1. The van der Waals surface area contributed by atoms with E-state index in [2.05, 4.69) is 25.3 Å². The summed E-state index contributed by atoms with van der Waals surface area (Å²) < 4.78 is 5.24. The Labute approximate surface area is 151 Å². The molecule has 4 rings (SSSR count). The fourth-order valence-corrected chi connectivity index (χ4v) is 3.48. The molecule has 0 spiro atoms. The largest absolute Gasteiger partial charge is 0.355 e. The molecule has 1 atom stereocenters. The van der Waals surface area contributed by atoms with Crippen LogP contribution in [0.2, 0.25) is 0 Å². The number of amides is 1. The Morgan fingerprint density at radius 1 is 1.27 bits per heavy atom. The van der Waals surface area contributed by atoms with Crippen molar-refractivity contribution in [1.29, 1.82) is 0 Å². The van der Waals surface area contributed by atoms with Crippen LogP contribution in [0, 0.1) is 19.8 Å². The molecule has 0 bridgehead atoms. The van der Waals surface area contributed by atoms with E-state index in [0.29, 0.717) is 12.3 Å². The third kappa shape index (κ3) is 3.00. The van der Waals surface area contributed by atoms with Crippen LogP contribution in [-0.2, 0) is 4.79 Å². The van der Waals surface area contributed by atoms with Gasteiger partial charge in [0.25, 0.3) is 5.71 Å². The number of piperidine rings is 1. The van der Waals surface area contributed by atoms with E-state index in [0.717, 1.165) is 47.5 Å². The number of hydrogen-bond acceptors (Lipinski definition) is 6. The van der Waals surface area contributed by atoms with Crippen LogP contribution in [0.15, 0.2) is 35.1 Å². The van der Waals surface area contributed by atoms with Gasteiger partial charge in [0, 0.05) is 18.8 Å². The van der Waals surface area contributed by atoms with Crippen molar-refractivity contribution < 1.29 is 9.32 Å². The van der Waals surface area contributed by atoms with Gasteiger partial charge in [-0.25, -0.2) is 4.98 Å². The molecule has 7 heteroatoms. The van der Waals surface area contributed by atoms with Crippen LogP contribution in [0.4, 0.5) is 11.5 Å². The first-order chi connectivity index (χ1) is 12.6. The van der Waals surface area contributed by atoms with E-state index in [1.54, 1.807) is 0 Å². The van der Waals surface area contributed by atoms with Crippen LogP contribution in [0.25, 0.3) is 11.1 Å². The van der Waals surface area contributed by atoms with Gasteiger partial charge in [-0.1, -0.05) is 23.4 Å². The number of aryl methyl sites for hydroxylation is 2. The molecule has 7 nitrogen and oxygen atoms in total. The summed E-state index contributed by atoms with van der Waals surface area (Å²) in [4.78, 5) is 23.5. The molecule has 0 unspecified atom stereocenters. The van der Waals surface area contributed by atoms with Gasteiger partial charge >= 0.3 is 0 Å². The molecule has 1 amide bonds. The number of carbonyl (C=O) groups excluding carboxylic acids is 1. The standard InChI is InChI=1S/C19H21N5O2/c1-12-6-3-4-8-15(12)22-18(25)14-7-5-9-24(10-14)17-16-13(2)23-26-19(16)21-11-20-17/h3-4,6,8,11,14H,5,7,9-10H2,1-2H3,(H,22,25)/t14-/m0/s1. The summed E-state index contributed by atoms with van der Waals surface area (Å²) in [7, 11) is 0. The van der Waals surface area contributed by atoms with Gasteiger partial charge in [-0.15, -0.1) is 0 Å². The van der Waals surface area contributed by atoms with Gasteiger partial charge < -0.3 is 14.7 Å². The van der Waals surface area contributed by atoms with Crippen molar-refractivity contribution in [3.05, 3.63) is 41.9 Å². The van der Waals surface area contributed by atoms with E-state index in [1.807, 2.05) is 38.1 Å². The first-order valence-corrected chi connectivity index (χ1v) is 8.82. The molecule has 1 fully saturated rings. The van der Waals surface area contributed by atoms with Gasteiger partial charge in [0.1, 0.15) is 17.5 Å². The number of benzene rings is 1. The fraction of sp³-hybridized carbons (Fsp3) is 0.368. The SMILES string of the molecule is Cc1ccccc1NC(=O)[C@H]1CCCN(c2ncnc3onc(C)c23)C1. The molecule has 1 aromatic carbocycles. The molecule has 2 aromatic heterocycles. The lowest BCUT2D eigenvalue weighted by Crippen LogP contribution is -2.41. The first kappa shape index (κ1) is 16.5. The quantitative estimate of drug-likeness (QED) is 0.781. The Morgan fingerprint density at radius 3 is 2.96 bits per heavy atom. The lowest BCUT2D eigenvalue weighted by Gasteiger charge is -2.33. The minimum atomic E-state index is -0.0893. The van der Waals surface area contributed by atoms with Crippen LogP contribution in [0.5, 0.6) is 0 Å². The van der Waals surface area contributed by atoms with Crippen LogP contribution < -0.4 is 10.2 Å². The van der Waals surface area contributed by atoms with Gasteiger partial charge in [0.05, 0.1) is 11.6 Å². The third-order valence-electron chi connectivity index (χ3n) is 4.92. The number of fused-ring (bicyclic) bond motifs is 1. The smallest absolute Gasteiger partial charge is 0.263 e. The molecule has 1 aliphatic heterocycles. The fourth-order valence-electron chi connectivity index (χ4n) is 3.48. The van der Waals surface area contributed by atoms with Crippen molar-refractivity contribution in [2.45, 2.75) is 26.7 Å². The summed E-state index contributed by atoms with van der Waals surface area (Å²) in [5.74, 6) is 0.756. The second kappa shape index (κ2) is 6.74. The molecule has 1 saturated heterocycles. The number of aromatic nitrogens is 3. The normalized spacial score (nSPS) is 17.5. The average molecular weight is 351 g/mol. The van der Waals surface area contributed by atoms with E-state index in [1.165, 1.54) is 6.33 Å². The number of para-hydroxylation sites is 1. The molecule has 0 saturated carbocycles. The van der Waals surface area contributed by atoms with Crippen molar-refractivity contribution in [3.63, 3.8) is 0 Å². The van der Waals surface area contributed by atoms with Crippen LogP contribution in [-0.4, -0.2) is 34.1 Å². The number of nitrogens with one attached hydrogen (secondary N) is 1. The highest BCUT2D eigenvalue weighted by molar-refractivity contribution is 5.94. The minimum Gasteiger partial charge on any atom is -0.355 e. The molecule has 3 heterocycles. The maximum absolute atomic E-state index is 12.8. The highest BCUT2D eigenvalue weighted by atomic mass is 16.5. The maximum Gasteiger partial charge on any atom is 0.263 e. The zero-order valence-corrected chi connectivity index (χ0v) is 14.9. The lowest BCUT2D eigenvalue weighted by atomic mass is 9.96. The van der Waals surface area contributed by atoms with E-state index in [-0.39, 0.29) is 11.8 Å². The summed E-state index contributed by atoms with van der Waals surface area (Å²) in [6.45, 7) is 5.35. The van der Waals surface area contributed by atoms with Crippen molar-refractivity contribution in [1.82, 2.24) is 15.1 Å². The van der Waals surface area contributed by atoms with Gasteiger partial charge in [-0.2, -0.15) is 4.98 Å². The van der Waals surface area contributed by atoms with E-state index in [4.69, 9.17) is 4.52 Å². The van der Waals surface area contributed by atoms with Crippen LogP contribution in [0.1, 0.15) is 24.1 Å². The molecule has 1 aliphatic rings. The Hall–Kier alpha value is -2.96. The van der Waals surface area contributed by atoms with E-state index >= 15 is 0 Å². The second-order valence-electron chi connectivity index (χ2n) is 6.73. The monoisotopic (exact) mass is 351 g/mol. The van der Waals surface area contributed by atoms with E-state index < -0.39 is 0 Å². The third-order valence-corrected chi connectivity index (χ3v) is 4.92. The van der Waals surface area contributed by atoms with Crippen molar-refractivity contribution in [2.24, 2.45) is 5.92 Å². The van der Waals surface area contributed by atoms with Gasteiger partial charge in [-0.05, 0) is 38.3 Å². The molecule has 3 aromatic rings. The van der Waals surface area contributed by atoms with Gasteiger partial charge in [0.2, 0.25) is 5.91 Å². The van der Waals surface area contributed by atoms with Crippen LogP contribution in [0.3, 0.4) is 0 Å². The van der Waals surface area contributed by atoms with Gasteiger partial charge in [-0.3, -0.25) is 4.79 Å². The summed E-state index contributed by atoms with van der Waals surface area (Å²) in [6, 6.07) is 7.83. The Morgan fingerprint density at radius 2 is 2.12 bits per heavy atom. The van der Waals surface area contributed by atoms with Crippen molar-refractivity contribution >= 4 is 28.5 Å². The Kier molecular flexibility index (Phi) is 4.28. The number of hydrogen-bond donors (Lipinski definition) is 1. The highest BCUT2D eigenvalue weighted by Gasteiger charge is 2.28. The van der Waals surface area contributed by atoms with Crippen LogP contribution >= 0.6 is 0 Å². The molecule has 0 radical (unpaired) electrons. The van der Waals surface area contributed by atoms with Crippen molar-refractivity contribution in [2.75, 3.05) is 23.3 Å². The minimum absolute atomic E-state index is 0.0522. The maximum atomic E-state index is 12.8. The van der Waals surface area contributed by atoms with Gasteiger partial charge in [0.15, 0.2) is 0 Å². The summed E-state index contributed by atoms with van der Waals surface area (Å²) in [5, 5.41) is 7.88. The number of nitrogens with zero attached hydrogens (tertiary/aromatic N) is 4. The predicted molar refractivity (Wildman–Crippen MR) is 99.1 cm³/mol. The zero-order chi connectivity index (χ0) is 18.1. The average Bonchev–Trinajstić information content (AvgIpc) is 3.05. The lowest BCUT2D eigenvalue weighted by molar-refractivity contribution is -0.120.